The van der Waals surface area contributed by atoms with Crippen molar-refractivity contribution in [3.8, 4) is 0 Å². The quantitative estimate of drug-likeness (QED) is 0.161. The van der Waals surface area contributed by atoms with Crippen molar-refractivity contribution in [1.82, 2.24) is 25.8 Å². The summed E-state index contributed by atoms with van der Waals surface area (Å²) in [5.41, 5.74) is 0.875. The first-order valence-electron chi connectivity index (χ1n) is 19.1. The molecule has 300 valence electrons. The second-order valence-corrected chi connectivity index (χ2v) is 15.1. The van der Waals surface area contributed by atoms with Gasteiger partial charge < -0.3 is 40.0 Å². The van der Waals surface area contributed by atoms with Gasteiger partial charge in [0.15, 0.2) is 0 Å². The standard InChI is InChI=1S/C40H67N5O8/c1-13-26(6)35(44(9)39(49)34(25(4)5)43-38(48)33(41-8)24(2)3)31(51-10)23-32(46)45-21-17-20-30(45)36(52-11)27(7)37(47)42-29(40(50)53-12)22-28-18-15-14-16-19-28/h14-16,18-19,24-27,29-31,33-36,41H,13,17,20-23H2,1-12H3,(H,42,47)(H,43,48)/t26-,27+,29?,30-,31+,33-,34-,35?,36+/m0/s1. The monoisotopic (exact) mass is 745 g/mol. The van der Waals surface area contributed by atoms with Gasteiger partial charge in [-0.3, -0.25) is 19.2 Å². The van der Waals surface area contributed by atoms with Crippen molar-refractivity contribution in [3.63, 3.8) is 0 Å². The van der Waals surface area contributed by atoms with Crippen LogP contribution in [0.5, 0.6) is 0 Å². The van der Waals surface area contributed by atoms with E-state index in [1.165, 1.54) is 14.2 Å². The molecule has 13 heteroatoms. The first-order chi connectivity index (χ1) is 25.1. The van der Waals surface area contributed by atoms with Gasteiger partial charge in [0.25, 0.3) is 0 Å². The Labute approximate surface area is 317 Å². The molecule has 9 atom stereocenters. The number of methoxy groups -OCH3 is 3. The van der Waals surface area contributed by atoms with Crippen molar-refractivity contribution in [1.29, 1.82) is 0 Å². The van der Waals surface area contributed by atoms with E-state index in [9.17, 15) is 24.0 Å². The number of nitrogens with zero attached hydrogens (tertiary/aromatic N) is 2. The maximum atomic E-state index is 14.2. The predicted octanol–water partition coefficient (Wildman–Crippen LogP) is 3.19. The Balaban J connectivity index is 2.27. The zero-order valence-electron chi connectivity index (χ0n) is 34.1. The Kier molecular flexibility index (Phi) is 18.9. The van der Waals surface area contributed by atoms with Crippen LogP contribution < -0.4 is 16.0 Å². The van der Waals surface area contributed by atoms with E-state index in [0.717, 1.165) is 18.4 Å². The van der Waals surface area contributed by atoms with E-state index in [2.05, 4.69) is 16.0 Å². The van der Waals surface area contributed by atoms with Gasteiger partial charge >= 0.3 is 5.97 Å². The summed E-state index contributed by atoms with van der Waals surface area (Å²) >= 11 is 0. The van der Waals surface area contributed by atoms with Gasteiger partial charge in [0.1, 0.15) is 12.1 Å². The third kappa shape index (κ3) is 12.2. The molecule has 4 amide bonds. The molecule has 1 aliphatic heterocycles. The molecule has 1 saturated heterocycles. The fourth-order valence-corrected chi connectivity index (χ4v) is 7.54. The second kappa shape index (κ2) is 22.0. The number of hydrogen-bond acceptors (Lipinski definition) is 9. The van der Waals surface area contributed by atoms with Gasteiger partial charge in [0.05, 0.1) is 49.8 Å². The highest BCUT2D eigenvalue weighted by Crippen LogP contribution is 2.30. The minimum absolute atomic E-state index is 0.00596. The maximum absolute atomic E-state index is 14.2. The van der Waals surface area contributed by atoms with E-state index in [4.69, 9.17) is 14.2 Å². The number of likely N-dealkylation sites (N-methyl/N-ethyl adjacent to an activating group) is 2. The van der Waals surface area contributed by atoms with Crippen LogP contribution in [0.25, 0.3) is 0 Å². The summed E-state index contributed by atoms with van der Waals surface area (Å²) in [5.74, 6) is -2.47. The molecule has 2 unspecified atom stereocenters. The van der Waals surface area contributed by atoms with Gasteiger partial charge in [-0.1, -0.05) is 85.2 Å². The van der Waals surface area contributed by atoms with Crippen LogP contribution in [0, 0.1) is 23.7 Å². The molecule has 0 saturated carbocycles. The normalized spacial score (nSPS) is 19.1. The van der Waals surface area contributed by atoms with E-state index in [1.54, 1.807) is 37.9 Å². The molecule has 0 aromatic heterocycles. The van der Waals surface area contributed by atoms with Crippen LogP contribution >= 0.6 is 0 Å². The molecule has 0 radical (unpaired) electrons. The van der Waals surface area contributed by atoms with Crippen LogP contribution in [0.2, 0.25) is 0 Å². The van der Waals surface area contributed by atoms with Gasteiger partial charge in [-0.15, -0.1) is 0 Å². The Hall–Kier alpha value is -3.55. The van der Waals surface area contributed by atoms with Gasteiger partial charge in [-0.2, -0.15) is 0 Å². The number of amides is 4. The first-order valence-corrected chi connectivity index (χ1v) is 19.1. The third-order valence-electron chi connectivity index (χ3n) is 10.8. The highest BCUT2D eigenvalue weighted by atomic mass is 16.5. The van der Waals surface area contributed by atoms with E-state index >= 15 is 0 Å². The minimum Gasteiger partial charge on any atom is -0.467 e. The van der Waals surface area contributed by atoms with E-state index in [0.29, 0.717) is 13.0 Å². The number of carbonyl (C=O) groups excluding carboxylic acids is 5. The van der Waals surface area contributed by atoms with Crippen molar-refractivity contribution in [2.45, 2.75) is 123 Å². The van der Waals surface area contributed by atoms with Crippen LogP contribution in [0.15, 0.2) is 30.3 Å². The second-order valence-electron chi connectivity index (χ2n) is 15.1. The average molecular weight is 746 g/mol. The molecule has 53 heavy (non-hydrogen) atoms. The molecule has 13 nitrogen and oxygen atoms in total. The Morgan fingerprint density at radius 1 is 0.887 bits per heavy atom. The average Bonchev–Trinajstić information content (AvgIpc) is 3.62. The summed E-state index contributed by atoms with van der Waals surface area (Å²) in [6.45, 7) is 14.0. The Morgan fingerprint density at radius 3 is 2.02 bits per heavy atom. The lowest BCUT2D eigenvalue weighted by Crippen LogP contribution is -2.59. The Morgan fingerprint density at radius 2 is 1.51 bits per heavy atom. The van der Waals surface area contributed by atoms with Crippen LogP contribution in [-0.2, 0) is 44.6 Å². The number of nitrogens with one attached hydrogen (secondary N) is 3. The molecule has 0 bridgehead atoms. The van der Waals surface area contributed by atoms with Crippen LogP contribution in [0.3, 0.4) is 0 Å². The summed E-state index contributed by atoms with van der Waals surface area (Å²) in [7, 11) is 7.81. The van der Waals surface area contributed by atoms with Crippen molar-refractivity contribution in [3.05, 3.63) is 35.9 Å². The zero-order valence-corrected chi connectivity index (χ0v) is 34.1. The number of carbonyl (C=O) groups is 5. The third-order valence-corrected chi connectivity index (χ3v) is 10.8. The molecule has 1 fully saturated rings. The Bertz CT molecular complexity index is 1330. The molecule has 1 heterocycles. The zero-order chi connectivity index (χ0) is 40.0. The van der Waals surface area contributed by atoms with E-state index < -0.39 is 48.3 Å². The fourth-order valence-electron chi connectivity index (χ4n) is 7.54. The number of benzene rings is 1. The largest absolute Gasteiger partial charge is 0.467 e. The summed E-state index contributed by atoms with van der Waals surface area (Å²) < 4.78 is 16.9. The van der Waals surface area contributed by atoms with E-state index in [-0.39, 0.29) is 60.3 Å². The lowest BCUT2D eigenvalue weighted by molar-refractivity contribution is -0.148. The molecule has 3 N–H and O–H groups in total. The number of esters is 1. The summed E-state index contributed by atoms with van der Waals surface area (Å²) in [5, 5.41) is 8.88. The molecule has 0 spiro atoms. The van der Waals surface area contributed by atoms with Gasteiger partial charge in [0, 0.05) is 34.2 Å². The number of rotatable bonds is 21. The van der Waals surface area contributed by atoms with Crippen molar-refractivity contribution in [2.24, 2.45) is 23.7 Å². The maximum Gasteiger partial charge on any atom is 0.328 e. The summed E-state index contributed by atoms with van der Waals surface area (Å²) in [6.07, 6.45) is 1.08. The van der Waals surface area contributed by atoms with Gasteiger partial charge in [0.2, 0.25) is 23.6 Å². The van der Waals surface area contributed by atoms with Crippen LogP contribution in [0.1, 0.15) is 79.7 Å². The number of likely N-dealkylation sites (tertiary alicyclic amines) is 1. The van der Waals surface area contributed by atoms with Gasteiger partial charge in [-0.05, 0) is 43.2 Å². The molecule has 1 aromatic carbocycles. The summed E-state index contributed by atoms with van der Waals surface area (Å²) in [4.78, 5) is 71.2. The first kappa shape index (κ1) is 45.6. The molecule has 0 aliphatic carbocycles. The highest BCUT2D eigenvalue weighted by molar-refractivity contribution is 5.90. The van der Waals surface area contributed by atoms with E-state index in [1.807, 2.05) is 71.9 Å². The van der Waals surface area contributed by atoms with Crippen molar-refractivity contribution in [2.75, 3.05) is 42.0 Å². The highest BCUT2D eigenvalue weighted by Gasteiger charge is 2.43. The van der Waals surface area contributed by atoms with Crippen LogP contribution in [-0.4, -0.2) is 124 Å². The minimum atomic E-state index is -0.889. The number of hydrogen-bond donors (Lipinski definition) is 3. The lowest BCUT2D eigenvalue weighted by atomic mass is 9.89. The van der Waals surface area contributed by atoms with Crippen molar-refractivity contribution < 1.29 is 38.2 Å². The van der Waals surface area contributed by atoms with Gasteiger partial charge in [-0.25, -0.2) is 4.79 Å². The van der Waals surface area contributed by atoms with Crippen molar-refractivity contribution >= 4 is 29.6 Å². The molecular formula is C40H67N5O8. The fraction of sp³-hybridized carbons (Fsp3) is 0.725. The predicted molar refractivity (Wildman–Crippen MR) is 205 cm³/mol. The molecular weight excluding hydrogens is 678 g/mol. The molecule has 2 rings (SSSR count). The molecule has 1 aromatic rings. The summed E-state index contributed by atoms with van der Waals surface area (Å²) in [6, 6.07) is 6.41. The SMILES string of the molecule is CC[C@H](C)C([C@@H](CC(=O)N1CCC[C@H]1[C@H](OC)[C@@H](C)C(=O)NC(Cc1ccccc1)C(=O)OC)OC)N(C)C(=O)[C@@H](NC(=O)[C@@H](NC)C(C)C)C(C)C. The van der Waals surface area contributed by atoms with Crippen LogP contribution in [0.4, 0.5) is 0 Å². The topological polar surface area (TPSA) is 156 Å². The smallest absolute Gasteiger partial charge is 0.328 e. The molecule has 1 aliphatic rings. The number of ether oxygens (including phenoxy) is 3. The lowest BCUT2D eigenvalue weighted by Gasteiger charge is -2.41.